The molecule has 1 N–H and O–H groups in total. The summed E-state index contributed by atoms with van der Waals surface area (Å²) in [5.74, 6) is -2.24. The quantitative estimate of drug-likeness (QED) is 0.109. The average Bonchev–Trinajstić information content (AvgIpc) is 3.28. The van der Waals surface area contributed by atoms with Crippen LogP contribution in [-0.4, -0.2) is 95.5 Å². The first-order valence-corrected chi connectivity index (χ1v) is 19.1. The van der Waals surface area contributed by atoms with Crippen molar-refractivity contribution < 1.29 is 42.9 Å². The predicted molar refractivity (Wildman–Crippen MR) is 210 cm³/mol. The number of nitrogens with zero attached hydrogens (tertiary/aromatic N) is 2. The number of carbonyl (C=O) groups excluding carboxylic acids is 4. The lowest BCUT2D eigenvalue weighted by Gasteiger charge is -2.32. The molecule has 1 unspecified atom stereocenters. The number of ether oxygens (including phenoxy) is 5. The smallest absolute Gasteiger partial charge is 0.336 e. The molecule has 1 amide bonds. The molecule has 14 heteroatoms. The molecule has 0 bridgehead atoms. The lowest BCUT2D eigenvalue weighted by atomic mass is 9.80. The van der Waals surface area contributed by atoms with Gasteiger partial charge in [0, 0.05) is 42.2 Å². The van der Waals surface area contributed by atoms with Gasteiger partial charge >= 0.3 is 17.9 Å². The molecule has 0 radical (unpaired) electrons. The van der Waals surface area contributed by atoms with E-state index in [1.165, 1.54) is 25.8 Å². The first kappa shape index (κ1) is 41.3. The molecule has 2 heterocycles. The number of thioether (sulfide) groups is 1. The summed E-state index contributed by atoms with van der Waals surface area (Å²) < 4.78 is 27.8. The lowest BCUT2D eigenvalue weighted by molar-refractivity contribution is -0.152. The molecule has 0 saturated heterocycles. The summed E-state index contributed by atoms with van der Waals surface area (Å²) in [6.45, 7) is 6.44. The minimum absolute atomic E-state index is 0.0146. The Hall–Kier alpha value is -4.82. The van der Waals surface area contributed by atoms with E-state index in [4.69, 9.17) is 35.3 Å². The van der Waals surface area contributed by atoms with Crippen LogP contribution in [0.2, 0.25) is 5.02 Å². The van der Waals surface area contributed by atoms with Gasteiger partial charge in [0.15, 0.2) is 6.10 Å². The molecule has 3 aromatic carbocycles. The van der Waals surface area contributed by atoms with Gasteiger partial charge in [-0.05, 0) is 62.4 Å². The molecule has 0 spiro atoms. The molecule has 0 saturated carbocycles. The number of fused-ring (bicyclic) bond motifs is 1. The van der Waals surface area contributed by atoms with Crippen LogP contribution in [0.4, 0.5) is 5.69 Å². The van der Waals surface area contributed by atoms with Crippen LogP contribution in [0.5, 0.6) is 5.75 Å². The highest BCUT2D eigenvalue weighted by Crippen LogP contribution is 2.47. The number of hydrogen-bond donors (Lipinski definition) is 1. The van der Waals surface area contributed by atoms with Gasteiger partial charge in [-0.15, -0.1) is 11.8 Å². The standard InChI is InChI=1S/C41H46ClN3O9S/c1-7-53-41(49)36-31(43-25(2)34(40(48)51-6)35(36)29-12-8-9-13-30(29)42)24-52-23-22-44(4)20-21-45-32-14-10-11-15-33(32)55-38(37(39(45)47)54-26(3)46)27-16-18-28(50-5)19-17-27/h8-19,35,37-38,43H,7,20-24H2,1-6H3/t35?,37-,38+/m1/s1. The lowest BCUT2D eigenvalue weighted by Crippen LogP contribution is -2.45. The van der Waals surface area contributed by atoms with Gasteiger partial charge in [-0.2, -0.15) is 0 Å². The van der Waals surface area contributed by atoms with Crippen LogP contribution < -0.4 is 15.0 Å². The summed E-state index contributed by atoms with van der Waals surface area (Å²) in [6.07, 6.45) is -1.06. The maximum Gasteiger partial charge on any atom is 0.336 e. The largest absolute Gasteiger partial charge is 0.497 e. The molecule has 12 nitrogen and oxygen atoms in total. The Morgan fingerprint density at radius 3 is 2.33 bits per heavy atom. The second-order valence-electron chi connectivity index (χ2n) is 12.9. The van der Waals surface area contributed by atoms with Gasteiger partial charge in [0.05, 0.1) is 67.7 Å². The maximum absolute atomic E-state index is 14.3. The number of rotatable bonds is 15. The van der Waals surface area contributed by atoms with E-state index in [1.54, 1.807) is 50.1 Å². The van der Waals surface area contributed by atoms with Crippen molar-refractivity contribution in [1.82, 2.24) is 10.2 Å². The van der Waals surface area contributed by atoms with Gasteiger partial charge < -0.3 is 38.8 Å². The Labute approximate surface area is 330 Å². The molecule has 2 aliphatic heterocycles. The normalized spacial score (nSPS) is 18.4. The number of methoxy groups -OCH3 is 2. The second-order valence-corrected chi connectivity index (χ2v) is 14.5. The minimum Gasteiger partial charge on any atom is -0.497 e. The highest BCUT2D eigenvalue weighted by Gasteiger charge is 2.42. The van der Waals surface area contributed by atoms with E-state index in [2.05, 4.69) is 5.32 Å². The molecule has 55 heavy (non-hydrogen) atoms. The molecule has 3 atom stereocenters. The van der Waals surface area contributed by atoms with Gasteiger partial charge in [-0.25, -0.2) is 9.59 Å². The van der Waals surface area contributed by atoms with Crippen molar-refractivity contribution in [3.8, 4) is 5.75 Å². The number of anilines is 1. The summed E-state index contributed by atoms with van der Waals surface area (Å²) in [7, 11) is 4.79. The van der Waals surface area contributed by atoms with E-state index >= 15 is 0 Å². The summed E-state index contributed by atoms with van der Waals surface area (Å²) in [4.78, 5) is 57.8. The van der Waals surface area contributed by atoms with E-state index in [1.807, 2.05) is 60.5 Å². The number of esters is 3. The maximum atomic E-state index is 14.3. The molecular weight excluding hydrogens is 746 g/mol. The van der Waals surface area contributed by atoms with E-state index in [9.17, 15) is 19.2 Å². The second kappa shape index (κ2) is 19.2. The van der Waals surface area contributed by atoms with E-state index in [0.717, 1.165) is 16.1 Å². The van der Waals surface area contributed by atoms with Crippen molar-refractivity contribution in [1.29, 1.82) is 0 Å². The molecule has 0 fully saturated rings. The molecule has 5 rings (SSSR count). The predicted octanol–water partition coefficient (Wildman–Crippen LogP) is 6.06. The number of para-hydroxylation sites is 1. The highest BCUT2D eigenvalue weighted by molar-refractivity contribution is 7.99. The topological polar surface area (TPSA) is 133 Å². The fourth-order valence-electron chi connectivity index (χ4n) is 6.58. The zero-order valence-electron chi connectivity index (χ0n) is 31.8. The van der Waals surface area contributed by atoms with E-state index in [-0.39, 0.29) is 36.9 Å². The number of allylic oxidation sites excluding steroid dienone is 1. The number of benzene rings is 3. The third-order valence-corrected chi connectivity index (χ3v) is 11.0. The Kier molecular flexibility index (Phi) is 14.4. The summed E-state index contributed by atoms with van der Waals surface area (Å²) in [6, 6.07) is 22.1. The molecular formula is C41H46ClN3O9S. The van der Waals surface area contributed by atoms with Gasteiger partial charge in [0.1, 0.15) is 5.75 Å². The highest BCUT2D eigenvalue weighted by atomic mass is 35.5. The number of halogens is 1. The first-order valence-electron chi connectivity index (χ1n) is 17.8. The number of carbonyl (C=O) groups is 4. The van der Waals surface area contributed by atoms with Crippen LogP contribution in [0.15, 0.2) is 100 Å². The van der Waals surface area contributed by atoms with Crippen LogP contribution >= 0.6 is 23.4 Å². The fourth-order valence-corrected chi connectivity index (χ4v) is 8.14. The minimum atomic E-state index is -1.06. The van der Waals surface area contributed by atoms with Gasteiger partial charge in [0.25, 0.3) is 5.91 Å². The number of nitrogens with one attached hydrogen (secondary N) is 1. The third-order valence-electron chi connectivity index (χ3n) is 9.26. The number of amides is 1. The number of hydrogen-bond acceptors (Lipinski definition) is 12. The van der Waals surface area contributed by atoms with Crippen molar-refractivity contribution in [3.63, 3.8) is 0 Å². The van der Waals surface area contributed by atoms with E-state index < -0.39 is 35.2 Å². The van der Waals surface area contributed by atoms with Crippen LogP contribution in [0.1, 0.15) is 43.1 Å². The molecule has 292 valence electrons. The summed E-state index contributed by atoms with van der Waals surface area (Å²) >= 11 is 8.10. The van der Waals surface area contributed by atoms with Crippen LogP contribution in [0.25, 0.3) is 0 Å². The SMILES string of the molecule is CCOC(=O)C1=C(COCCN(C)CCN2C(=O)[C@H](OC(C)=O)[C@H](c3ccc(OC)cc3)Sc3ccccc32)NC(C)=C(C(=O)OC)C1c1ccccc1Cl. The summed E-state index contributed by atoms with van der Waals surface area (Å²) in [5.41, 5.74) is 3.53. The average molecular weight is 792 g/mol. The van der Waals surface area contributed by atoms with E-state index in [0.29, 0.717) is 47.4 Å². The zero-order chi connectivity index (χ0) is 39.6. The monoisotopic (exact) mass is 791 g/mol. The van der Waals surface area contributed by atoms with Crippen molar-refractivity contribution >= 4 is 52.9 Å². The van der Waals surface area contributed by atoms with Crippen molar-refractivity contribution in [2.24, 2.45) is 0 Å². The van der Waals surface area contributed by atoms with Crippen LogP contribution in [0.3, 0.4) is 0 Å². The van der Waals surface area contributed by atoms with Crippen LogP contribution in [0, 0.1) is 0 Å². The van der Waals surface area contributed by atoms with Gasteiger partial charge in [-0.3, -0.25) is 9.59 Å². The molecule has 0 aliphatic carbocycles. The van der Waals surface area contributed by atoms with Crippen molar-refractivity contribution in [3.05, 3.63) is 111 Å². The van der Waals surface area contributed by atoms with Crippen molar-refractivity contribution in [2.75, 3.05) is 65.6 Å². The van der Waals surface area contributed by atoms with Gasteiger partial charge in [-0.1, -0.05) is 54.1 Å². The third kappa shape index (κ3) is 9.71. The van der Waals surface area contributed by atoms with Crippen molar-refractivity contribution in [2.45, 2.75) is 42.9 Å². The Morgan fingerprint density at radius 1 is 0.945 bits per heavy atom. The zero-order valence-corrected chi connectivity index (χ0v) is 33.3. The fraction of sp³-hybridized carbons (Fsp3) is 0.366. The number of likely N-dealkylation sites (N-methyl/N-ethyl adjacent to an activating group) is 1. The first-order chi connectivity index (χ1) is 26.5. The Bertz CT molecular complexity index is 1950. The molecule has 2 aliphatic rings. The number of dihydropyridines is 1. The van der Waals surface area contributed by atoms with Gasteiger partial charge in [0.2, 0.25) is 0 Å². The molecule has 3 aromatic rings. The Balaban J connectivity index is 1.30. The Morgan fingerprint density at radius 2 is 1.65 bits per heavy atom. The van der Waals surface area contributed by atoms with Crippen LogP contribution in [-0.2, 0) is 38.1 Å². The summed E-state index contributed by atoms with van der Waals surface area (Å²) in [5, 5.41) is 3.09. The molecule has 0 aromatic heterocycles.